The highest BCUT2D eigenvalue weighted by molar-refractivity contribution is 6.35. The summed E-state index contributed by atoms with van der Waals surface area (Å²) in [6, 6.07) is 25.8. The van der Waals surface area contributed by atoms with E-state index in [0.29, 0.717) is 15.6 Å². The van der Waals surface area contributed by atoms with Gasteiger partial charge in [0, 0.05) is 32.3 Å². The molecule has 0 fully saturated rings. The Morgan fingerprint density at radius 2 is 1.55 bits per heavy atom. The summed E-state index contributed by atoms with van der Waals surface area (Å²) >= 11 is 12.7. The van der Waals surface area contributed by atoms with E-state index in [1.54, 1.807) is 18.2 Å². The van der Waals surface area contributed by atoms with Gasteiger partial charge in [-0.25, -0.2) is 0 Å². The van der Waals surface area contributed by atoms with Gasteiger partial charge in [0.1, 0.15) is 6.04 Å². The topological polar surface area (TPSA) is 84.2 Å². The standard InChI is InChI=1S/C32H27Cl2N3O3/c1-18-29(24-15-25(33)17-26(34)16-24)36-37(30(18)28-10-6-8-22-7-4-5-9-27(22)28)20(3)21-11-13-23(14-12-21)31(38)35-19(2)32(39)40/h4-17,19-20H,1-3H3,(H,35,38)(H,39,40). The van der Waals surface area contributed by atoms with Crippen molar-refractivity contribution in [3.05, 3.63) is 112 Å². The second kappa shape index (κ2) is 11.2. The number of carbonyl (C=O) groups excluding carboxylic acids is 1. The highest BCUT2D eigenvalue weighted by atomic mass is 35.5. The minimum atomic E-state index is -1.09. The van der Waals surface area contributed by atoms with Gasteiger partial charge in [0.05, 0.1) is 17.4 Å². The minimum Gasteiger partial charge on any atom is -0.480 e. The molecule has 2 unspecified atom stereocenters. The maximum atomic E-state index is 12.5. The van der Waals surface area contributed by atoms with Gasteiger partial charge in [0.15, 0.2) is 0 Å². The number of hydrogen-bond donors (Lipinski definition) is 2. The number of amides is 1. The number of nitrogens with zero attached hydrogens (tertiary/aromatic N) is 2. The quantitative estimate of drug-likeness (QED) is 0.209. The molecule has 6 nitrogen and oxygen atoms in total. The first-order valence-corrected chi connectivity index (χ1v) is 13.6. The van der Waals surface area contributed by atoms with Gasteiger partial charge >= 0.3 is 5.97 Å². The van der Waals surface area contributed by atoms with Crippen LogP contribution in [0.5, 0.6) is 0 Å². The third kappa shape index (κ3) is 5.33. The Morgan fingerprint density at radius 3 is 2.23 bits per heavy atom. The molecule has 5 aromatic rings. The molecule has 1 amide bonds. The lowest BCUT2D eigenvalue weighted by Gasteiger charge is -2.18. The van der Waals surface area contributed by atoms with Crippen molar-refractivity contribution in [3.8, 4) is 22.5 Å². The van der Waals surface area contributed by atoms with Gasteiger partial charge in [-0.15, -0.1) is 0 Å². The van der Waals surface area contributed by atoms with Crippen molar-refractivity contribution in [3.63, 3.8) is 0 Å². The van der Waals surface area contributed by atoms with Crippen molar-refractivity contribution in [2.24, 2.45) is 0 Å². The van der Waals surface area contributed by atoms with E-state index in [1.807, 2.05) is 47.1 Å². The molecule has 0 aliphatic heterocycles. The zero-order valence-corrected chi connectivity index (χ0v) is 23.7. The van der Waals surface area contributed by atoms with Gasteiger partial charge in [-0.2, -0.15) is 5.10 Å². The summed E-state index contributed by atoms with van der Waals surface area (Å²) in [7, 11) is 0. The molecule has 0 aliphatic rings. The van der Waals surface area contributed by atoms with Crippen LogP contribution in [-0.2, 0) is 4.79 Å². The average Bonchev–Trinajstić information content (AvgIpc) is 3.28. The first-order valence-electron chi connectivity index (χ1n) is 12.8. The predicted molar refractivity (Wildman–Crippen MR) is 160 cm³/mol. The molecular weight excluding hydrogens is 545 g/mol. The Labute approximate surface area is 242 Å². The molecule has 0 bridgehead atoms. The average molecular weight is 572 g/mol. The van der Waals surface area contributed by atoms with Crippen LogP contribution >= 0.6 is 23.2 Å². The summed E-state index contributed by atoms with van der Waals surface area (Å²) in [5, 5.41) is 20.0. The van der Waals surface area contributed by atoms with Crippen LogP contribution in [0, 0.1) is 6.92 Å². The Hall–Kier alpha value is -4.13. The largest absolute Gasteiger partial charge is 0.480 e. The van der Waals surface area contributed by atoms with Crippen LogP contribution in [0.2, 0.25) is 10.0 Å². The van der Waals surface area contributed by atoms with Gasteiger partial charge in [-0.3, -0.25) is 14.3 Å². The summed E-state index contributed by atoms with van der Waals surface area (Å²) in [5.74, 6) is -1.54. The maximum absolute atomic E-state index is 12.5. The highest BCUT2D eigenvalue weighted by Gasteiger charge is 2.24. The van der Waals surface area contributed by atoms with E-state index < -0.39 is 17.9 Å². The lowest BCUT2D eigenvalue weighted by Crippen LogP contribution is -2.38. The molecule has 0 saturated carbocycles. The third-order valence-corrected chi connectivity index (χ3v) is 7.50. The number of carboxylic acids is 1. The van der Waals surface area contributed by atoms with Gasteiger partial charge in [-0.05, 0) is 67.4 Å². The fraction of sp³-hybridized carbons (Fsp3) is 0.156. The van der Waals surface area contributed by atoms with Crippen LogP contribution in [0.15, 0.2) is 84.9 Å². The molecule has 0 spiro atoms. The molecular formula is C32H27Cl2N3O3. The SMILES string of the molecule is Cc1c(-c2cc(Cl)cc(Cl)c2)nn(C(C)c2ccc(C(=O)NC(C)C(=O)O)cc2)c1-c1cccc2ccccc12. The van der Waals surface area contributed by atoms with Crippen LogP contribution < -0.4 is 5.32 Å². The smallest absolute Gasteiger partial charge is 0.325 e. The van der Waals surface area contributed by atoms with Gasteiger partial charge in [0.25, 0.3) is 5.91 Å². The van der Waals surface area contributed by atoms with Crippen molar-refractivity contribution >= 4 is 45.9 Å². The molecule has 1 aromatic heterocycles. The Balaban J connectivity index is 1.62. The molecule has 40 heavy (non-hydrogen) atoms. The Kier molecular flexibility index (Phi) is 7.66. The van der Waals surface area contributed by atoms with Gasteiger partial charge < -0.3 is 10.4 Å². The third-order valence-electron chi connectivity index (χ3n) is 7.07. The van der Waals surface area contributed by atoms with E-state index in [0.717, 1.165) is 44.4 Å². The predicted octanol–water partition coefficient (Wildman–Crippen LogP) is 7.80. The number of aliphatic carboxylic acids is 1. The number of carbonyl (C=O) groups is 2. The van der Waals surface area contributed by atoms with Gasteiger partial charge in [-0.1, -0.05) is 77.8 Å². The Morgan fingerprint density at radius 1 is 0.900 bits per heavy atom. The first kappa shape index (κ1) is 27.4. The first-order chi connectivity index (χ1) is 19.1. The number of halogens is 2. The second-order valence-corrected chi connectivity index (χ2v) is 10.7. The lowest BCUT2D eigenvalue weighted by atomic mass is 9.97. The normalized spacial score (nSPS) is 12.7. The molecule has 202 valence electrons. The lowest BCUT2D eigenvalue weighted by molar-refractivity contribution is -0.138. The van der Waals surface area contributed by atoms with Crippen molar-refractivity contribution in [1.82, 2.24) is 15.1 Å². The fourth-order valence-corrected chi connectivity index (χ4v) is 5.44. The van der Waals surface area contributed by atoms with E-state index in [9.17, 15) is 9.59 Å². The van der Waals surface area contributed by atoms with Crippen molar-refractivity contribution < 1.29 is 14.7 Å². The molecule has 0 saturated heterocycles. The fourth-order valence-electron chi connectivity index (χ4n) is 4.91. The summed E-state index contributed by atoms with van der Waals surface area (Å²) in [5.41, 5.74) is 5.91. The zero-order chi connectivity index (χ0) is 28.6. The maximum Gasteiger partial charge on any atom is 0.325 e. The number of carboxylic acid groups (broad SMARTS) is 1. The van der Waals surface area contributed by atoms with Crippen LogP contribution in [0.3, 0.4) is 0 Å². The zero-order valence-electron chi connectivity index (χ0n) is 22.2. The van der Waals surface area contributed by atoms with Crippen LogP contribution in [-0.4, -0.2) is 32.8 Å². The summed E-state index contributed by atoms with van der Waals surface area (Å²) in [6.45, 7) is 5.53. The summed E-state index contributed by atoms with van der Waals surface area (Å²) in [4.78, 5) is 23.6. The monoisotopic (exact) mass is 571 g/mol. The van der Waals surface area contributed by atoms with Crippen LogP contribution in [0.25, 0.3) is 33.3 Å². The second-order valence-electron chi connectivity index (χ2n) is 9.78. The number of nitrogens with one attached hydrogen (secondary N) is 1. The molecule has 8 heteroatoms. The van der Waals surface area contributed by atoms with Crippen LogP contribution in [0.4, 0.5) is 0 Å². The molecule has 0 radical (unpaired) electrons. The number of benzene rings is 4. The van der Waals surface area contributed by atoms with Crippen molar-refractivity contribution in [2.75, 3.05) is 0 Å². The van der Waals surface area contributed by atoms with E-state index in [2.05, 4.69) is 43.4 Å². The summed E-state index contributed by atoms with van der Waals surface area (Å²) in [6.07, 6.45) is 0. The number of fused-ring (bicyclic) bond motifs is 1. The molecule has 5 rings (SSSR count). The van der Waals surface area contributed by atoms with E-state index in [4.69, 9.17) is 33.4 Å². The van der Waals surface area contributed by atoms with Crippen LogP contribution in [0.1, 0.15) is 41.4 Å². The molecule has 2 N–H and O–H groups in total. The van der Waals surface area contributed by atoms with E-state index in [1.165, 1.54) is 6.92 Å². The van der Waals surface area contributed by atoms with Crippen molar-refractivity contribution in [1.29, 1.82) is 0 Å². The number of aromatic nitrogens is 2. The Bertz CT molecular complexity index is 1720. The van der Waals surface area contributed by atoms with E-state index in [-0.39, 0.29) is 6.04 Å². The molecule has 2 atom stereocenters. The summed E-state index contributed by atoms with van der Waals surface area (Å²) < 4.78 is 2.00. The van der Waals surface area contributed by atoms with Gasteiger partial charge in [0.2, 0.25) is 0 Å². The number of hydrogen-bond acceptors (Lipinski definition) is 3. The number of rotatable bonds is 7. The highest BCUT2D eigenvalue weighted by Crippen LogP contribution is 2.39. The molecule has 4 aromatic carbocycles. The minimum absolute atomic E-state index is 0.203. The van der Waals surface area contributed by atoms with E-state index >= 15 is 0 Å². The van der Waals surface area contributed by atoms with Crippen molar-refractivity contribution in [2.45, 2.75) is 32.9 Å². The molecule has 1 heterocycles. The molecule has 0 aliphatic carbocycles.